The molecule has 104 valence electrons. The first-order valence-electron chi connectivity index (χ1n) is 6.13. The first kappa shape index (κ1) is 15.7. The second-order valence-electron chi connectivity index (χ2n) is 5.31. The monoisotopic (exact) mass is 326 g/mol. The summed E-state index contributed by atoms with van der Waals surface area (Å²) in [6.07, 6.45) is 0.262. The van der Waals surface area contributed by atoms with Gasteiger partial charge in [-0.3, -0.25) is 9.59 Å². The number of rotatable bonds is 4. The third-order valence-corrected chi connectivity index (χ3v) is 2.98. The highest BCUT2D eigenvalue weighted by molar-refractivity contribution is 9.10. The second-order valence-corrected chi connectivity index (χ2v) is 6.23. The van der Waals surface area contributed by atoms with E-state index in [9.17, 15) is 9.59 Å². The highest BCUT2D eigenvalue weighted by Crippen LogP contribution is 2.14. The Morgan fingerprint density at radius 3 is 2.26 bits per heavy atom. The fourth-order valence-electron chi connectivity index (χ4n) is 1.31. The van der Waals surface area contributed by atoms with Gasteiger partial charge in [0.15, 0.2) is 0 Å². The molecule has 0 bridgehead atoms. The van der Waals surface area contributed by atoms with Gasteiger partial charge in [0.1, 0.15) is 0 Å². The average molecular weight is 327 g/mol. The molecule has 1 aromatic carbocycles. The summed E-state index contributed by atoms with van der Waals surface area (Å²) in [6.45, 7) is 5.86. The Balaban J connectivity index is 2.33. The zero-order valence-corrected chi connectivity index (χ0v) is 13.0. The van der Waals surface area contributed by atoms with Crippen molar-refractivity contribution < 1.29 is 9.59 Å². The van der Waals surface area contributed by atoms with Crippen LogP contribution in [0.25, 0.3) is 0 Å². The molecule has 0 aliphatic rings. The standard InChI is InChI=1S/C14H19BrN2O2/c1-14(2,3)13(19)16-9-8-12(18)17-11-6-4-10(15)5-7-11/h4-7H,8-9H2,1-3H3,(H,16,19)(H,17,18). The van der Waals surface area contributed by atoms with Gasteiger partial charge in [-0.05, 0) is 24.3 Å². The van der Waals surface area contributed by atoms with Gasteiger partial charge in [-0.25, -0.2) is 0 Å². The SMILES string of the molecule is CC(C)(C)C(=O)NCCC(=O)Nc1ccc(Br)cc1. The summed E-state index contributed by atoms with van der Waals surface area (Å²) < 4.78 is 0.961. The van der Waals surface area contributed by atoms with Crippen LogP contribution in [0.2, 0.25) is 0 Å². The fourth-order valence-corrected chi connectivity index (χ4v) is 1.58. The first-order chi connectivity index (χ1) is 8.79. The summed E-state index contributed by atoms with van der Waals surface area (Å²) in [5.74, 6) is -0.166. The molecule has 0 fully saturated rings. The number of halogens is 1. The number of benzene rings is 1. The lowest BCUT2D eigenvalue weighted by Crippen LogP contribution is -2.36. The van der Waals surface area contributed by atoms with Crippen LogP contribution in [0.1, 0.15) is 27.2 Å². The van der Waals surface area contributed by atoms with Crippen molar-refractivity contribution in [3.63, 3.8) is 0 Å². The van der Waals surface area contributed by atoms with Crippen molar-refractivity contribution in [3.8, 4) is 0 Å². The normalized spacial score (nSPS) is 10.9. The summed E-state index contributed by atoms with van der Waals surface area (Å²) in [7, 11) is 0. The lowest BCUT2D eigenvalue weighted by molar-refractivity contribution is -0.128. The predicted molar refractivity (Wildman–Crippen MR) is 79.9 cm³/mol. The Morgan fingerprint density at radius 1 is 1.16 bits per heavy atom. The molecule has 0 saturated heterocycles. The minimum absolute atomic E-state index is 0.0519. The van der Waals surface area contributed by atoms with Gasteiger partial charge in [0.2, 0.25) is 11.8 Å². The molecule has 0 saturated carbocycles. The number of hydrogen-bond acceptors (Lipinski definition) is 2. The van der Waals surface area contributed by atoms with E-state index < -0.39 is 5.41 Å². The van der Waals surface area contributed by atoms with Crippen molar-refractivity contribution in [2.24, 2.45) is 5.41 Å². The molecule has 0 heterocycles. The zero-order chi connectivity index (χ0) is 14.5. The van der Waals surface area contributed by atoms with Crippen LogP contribution in [0, 0.1) is 5.41 Å². The Morgan fingerprint density at radius 2 is 1.74 bits per heavy atom. The van der Waals surface area contributed by atoms with Crippen LogP contribution >= 0.6 is 15.9 Å². The molecule has 0 atom stereocenters. The summed E-state index contributed by atoms with van der Waals surface area (Å²) in [6, 6.07) is 7.35. The molecular formula is C14H19BrN2O2. The number of anilines is 1. The van der Waals surface area contributed by atoms with E-state index in [1.54, 1.807) is 0 Å². The minimum atomic E-state index is -0.428. The Bertz CT molecular complexity index is 450. The highest BCUT2D eigenvalue weighted by atomic mass is 79.9. The van der Waals surface area contributed by atoms with E-state index in [2.05, 4.69) is 26.6 Å². The molecule has 0 spiro atoms. The number of amides is 2. The molecule has 2 amide bonds. The molecule has 1 rings (SSSR count). The maximum absolute atomic E-state index is 11.7. The predicted octanol–water partition coefficient (Wildman–Crippen LogP) is 2.94. The summed E-state index contributed by atoms with van der Waals surface area (Å²) >= 11 is 3.33. The molecule has 0 radical (unpaired) electrons. The topological polar surface area (TPSA) is 58.2 Å². The molecule has 1 aromatic rings. The molecule has 4 nitrogen and oxygen atoms in total. The number of nitrogens with one attached hydrogen (secondary N) is 2. The van der Waals surface area contributed by atoms with Gasteiger partial charge in [-0.15, -0.1) is 0 Å². The van der Waals surface area contributed by atoms with Crippen LogP contribution in [-0.4, -0.2) is 18.4 Å². The van der Waals surface area contributed by atoms with Gasteiger partial charge in [-0.2, -0.15) is 0 Å². The third-order valence-electron chi connectivity index (χ3n) is 2.45. The molecule has 0 unspecified atom stereocenters. The Labute approximate surface area is 122 Å². The van der Waals surface area contributed by atoms with Gasteiger partial charge in [0.05, 0.1) is 0 Å². The van der Waals surface area contributed by atoms with E-state index in [4.69, 9.17) is 0 Å². The van der Waals surface area contributed by atoms with Gasteiger partial charge < -0.3 is 10.6 Å². The van der Waals surface area contributed by atoms with Crippen LogP contribution < -0.4 is 10.6 Å². The molecule has 0 aliphatic carbocycles. The Kier molecular flexibility index (Phi) is 5.54. The van der Waals surface area contributed by atoms with Gasteiger partial charge in [-0.1, -0.05) is 36.7 Å². The molecule has 19 heavy (non-hydrogen) atoms. The van der Waals surface area contributed by atoms with Crippen molar-refractivity contribution >= 4 is 33.4 Å². The third kappa shape index (κ3) is 5.87. The summed E-state index contributed by atoms with van der Waals surface area (Å²) in [4.78, 5) is 23.2. The quantitative estimate of drug-likeness (QED) is 0.893. The minimum Gasteiger partial charge on any atom is -0.355 e. The number of carbonyl (C=O) groups is 2. The van der Waals surface area contributed by atoms with Crippen molar-refractivity contribution in [2.75, 3.05) is 11.9 Å². The van der Waals surface area contributed by atoms with E-state index in [1.165, 1.54) is 0 Å². The van der Waals surface area contributed by atoms with Gasteiger partial charge >= 0.3 is 0 Å². The number of carbonyl (C=O) groups excluding carboxylic acids is 2. The van der Waals surface area contributed by atoms with Gasteiger partial charge in [0, 0.05) is 28.5 Å². The first-order valence-corrected chi connectivity index (χ1v) is 6.92. The molecule has 5 heteroatoms. The molecule has 0 aromatic heterocycles. The van der Waals surface area contributed by atoms with Crippen LogP contribution in [-0.2, 0) is 9.59 Å². The maximum atomic E-state index is 11.7. The smallest absolute Gasteiger partial charge is 0.226 e. The highest BCUT2D eigenvalue weighted by Gasteiger charge is 2.20. The van der Waals surface area contributed by atoms with E-state index in [1.807, 2.05) is 45.0 Å². The van der Waals surface area contributed by atoms with Crippen LogP contribution in [0.5, 0.6) is 0 Å². The van der Waals surface area contributed by atoms with Gasteiger partial charge in [0.25, 0.3) is 0 Å². The zero-order valence-electron chi connectivity index (χ0n) is 11.4. The van der Waals surface area contributed by atoms with E-state index >= 15 is 0 Å². The van der Waals surface area contributed by atoms with Crippen LogP contribution in [0.3, 0.4) is 0 Å². The fraction of sp³-hybridized carbons (Fsp3) is 0.429. The van der Waals surface area contributed by atoms with E-state index in [0.29, 0.717) is 6.54 Å². The maximum Gasteiger partial charge on any atom is 0.226 e. The lowest BCUT2D eigenvalue weighted by Gasteiger charge is -2.17. The number of hydrogen-bond donors (Lipinski definition) is 2. The Hall–Kier alpha value is -1.36. The van der Waals surface area contributed by atoms with Crippen molar-refractivity contribution in [2.45, 2.75) is 27.2 Å². The van der Waals surface area contributed by atoms with Crippen LogP contribution in [0.15, 0.2) is 28.7 Å². The van der Waals surface area contributed by atoms with Crippen molar-refractivity contribution in [3.05, 3.63) is 28.7 Å². The average Bonchev–Trinajstić information content (AvgIpc) is 2.31. The second kappa shape index (κ2) is 6.70. The lowest BCUT2D eigenvalue weighted by atomic mass is 9.96. The van der Waals surface area contributed by atoms with Crippen molar-refractivity contribution in [1.29, 1.82) is 0 Å². The van der Waals surface area contributed by atoms with E-state index in [0.717, 1.165) is 10.2 Å². The summed E-state index contributed by atoms with van der Waals surface area (Å²) in [5, 5.41) is 5.51. The molecule has 2 N–H and O–H groups in total. The summed E-state index contributed by atoms with van der Waals surface area (Å²) in [5.41, 5.74) is 0.317. The molecular weight excluding hydrogens is 308 g/mol. The van der Waals surface area contributed by atoms with Crippen molar-refractivity contribution in [1.82, 2.24) is 5.32 Å². The van der Waals surface area contributed by atoms with Crippen LogP contribution in [0.4, 0.5) is 5.69 Å². The largest absolute Gasteiger partial charge is 0.355 e. The molecule has 0 aliphatic heterocycles. The van der Waals surface area contributed by atoms with E-state index in [-0.39, 0.29) is 18.2 Å².